The monoisotopic (exact) mass is 713 g/mol. The van der Waals surface area contributed by atoms with Crippen molar-refractivity contribution in [2.24, 2.45) is 35.5 Å². The van der Waals surface area contributed by atoms with Gasteiger partial charge in [0.25, 0.3) is 0 Å². The zero-order valence-electron chi connectivity index (χ0n) is 26.0. The Kier molecular flexibility index (Phi) is 33.0. The Hall–Kier alpha value is 0.107. The maximum atomic E-state index is 11.8. The van der Waals surface area contributed by atoms with Crippen LogP contribution in [0.25, 0.3) is 16.0 Å². The summed E-state index contributed by atoms with van der Waals surface area (Å²) in [7, 11) is -5.48. The van der Waals surface area contributed by atoms with Crippen LogP contribution in [0.1, 0.15) is 83.1 Å². The smallest absolute Gasteiger partial charge is 0.662 e. The summed E-state index contributed by atoms with van der Waals surface area (Å²) in [5, 5.41) is 12.7. The molecule has 0 heterocycles. The maximum Gasteiger partial charge on any atom is 4.00 e. The minimum Gasteiger partial charge on any atom is -0.662 e. The number of hydrogen-bond acceptors (Lipinski definition) is 0. The second-order valence-electron chi connectivity index (χ2n) is 11.8. The van der Waals surface area contributed by atoms with Crippen molar-refractivity contribution in [1.82, 2.24) is 0 Å². The van der Waals surface area contributed by atoms with Crippen LogP contribution in [0.4, 0.5) is 12.3 Å². The molecule has 0 saturated heterocycles. The summed E-state index contributed by atoms with van der Waals surface area (Å²) < 4.78 is 35.3. The van der Waals surface area contributed by atoms with Gasteiger partial charge in [0.2, 0.25) is 0 Å². The Balaban J connectivity index is -0.000000194. The molecule has 0 aliphatic heterocycles. The molecule has 0 atom stereocenters. The van der Waals surface area contributed by atoms with Gasteiger partial charge in [-0.2, -0.15) is 12.1 Å². The SMILES string of the molecule is CC(C)C[N-]CC(C)C.CC(C)C[N-]CC(C)C.CC(C)C[N-]CC(C)C.F[Si](F)(F)[c-]1cccc1.[Hf+4]. The van der Waals surface area contributed by atoms with Crippen molar-refractivity contribution >= 4 is 14.3 Å². The zero-order valence-corrected chi connectivity index (χ0v) is 30.6. The minimum absolute atomic E-state index is 0. The molecule has 0 fully saturated rings. The number of halogens is 3. The first kappa shape index (κ1) is 44.1. The van der Waals surface area contributed by atoms with Crippen LogP contribution in [-0.4, -0.2) is 48.3 Å². The number of rotatable bonds is 13. The molecular weight excluding hydrogens is 654 g/mol. The third-order valence-electron chi connectivity index (χ3n) is 3.96. The molecule has 1 aromatic carbocycles. The van der Waals surface area contributed by atoms with Crippen LogP contribution in [-0.2, 0) is 25.8 Å². The molecule has 3 nitrogen and oxygen atoms in total. The molecule has 0 bridgehead atoms. The molecule has 0 aromatic heterocycles. The molecule has 0 radical (unpaired) electrons. The average molecular weight is 712 g/mol. The summed E-state index contributed by atoms with van der Waals surface area (Å²) in [5.74, 6) is 4.35. The van der Waals surface area contributed by atoms with Gasteiger partial charge in [0.1, 0.15) is 0 Å². The molecule has 1 rings (SSSR count). The van der Waals surface area contributed by atoms with E-state index in [1.165, 1.54) is 12.1 Å². The summed E-state index contributed by atoms with van der Waals surface area (Å²) in [4.78, 5) is 0. The van der Waals surface area contributed by atoms with E-state index >= 15 is 0 Å². The van der Waals surface area contributed by atoms with Crippen LogP contribution in [0.15, 0.2) is 24.3 Å². The van der Waals surface area contributed by atoms with Crippen LogP contribution in [0.3, 0.4) is 0 Å². The van der Waals surface area contributed by atoms with Crippen LogP contribution in [0.2, 0.25) is 0 Å². The van der Waals surface area contributed by atoms with Gasteiger partial charge in [-0.3, -0.25) is 0 Å². The molecule has 0 amide bonds. The van der Waals surface area contributed by atoms with E-state index in [1.54, 1.807) is 0 Å². The fourth-order valence-corrected chi connectivity index (χ4v) is 2.91. The molecule has 0 spiro atoms. The summed E-state index contributed by atoms with van der Waals surface area (Å²) in [6.07, 6.45) is 0. The quantitative estimate of drug-likeness (QED) is 0.111. The molecule has 0 unspecified atom stereocenters. The topological polar surface area (TPSA) is 42.3 Å². The predicted molar refractivity (Wildman–Crippen MR) is 159 cm³/mol. The van der Waals surface area contributed by atoms with Gasteiger partial charge in [0, 0.05) is 0 Å². The Morgan fingerprint density at radius 2 is 0.676 bits per heavy atom. The molecular formula is C29H58F3HfN3Si. The van der Waals surface area contributed by atoms with Gasteiger partial charge in [0.15, 0.2) is 0 Å². The van der Waals surface area contributed by atoms with Gasteiger partial charge in [-0.05, 0) is 0 Å². The second-order valence-corrected chi connectivity index (χ2v) is 13.4. The van der Waals surface area contributed by atoms with Crippen molar-refractivity contribution in [2.75, 3.05) is 39.3 Å². The standard InChI is InChI=1S/3C8H18N.C5H4F3Si.Hf/c3*1-7(2)5-9-6-8(3)4;6-9(7,8)5-3-1-2-4-5;/h3*7-8H,5-6H2,1-4H3;1-4H;/q4*-1;+4. The first-order valence-electron chi connectivity index (χ1n) is 13.7. The van der Waals surface area contributed by atoms with E-state index < -0.39 is 14.3 Å². The fraction of sp³-hybridized carbons (Fsp3) is 0.828. The normalized spacial score (nSPS) is 11.2. The zero-order chi connectivity index (χ0) is 28.7. The Labute approximate surface area is 249 Å². The van der Waals surface area contributed by atoms with Crippen LogP contribution >= 0.6 is 0 Å². The van der Waals surface area contributed by atoms with Crippen LogP contribution in [0, 0.1) is 35.5 Å². The molecule has 0 N–H and O–H groups in total. The van der Waals surface area contributed by atoms with Crippen molar-refractivity contribution in [1.29, 1.82) is 0 Å². The van der Waals surface area contributed by atoms with Gasteiger partial charge in [-0.1, -0.05) is 124 Å². The Bertz CT molecular complexity index is 480. The van der Waals surface area contributed by atoms with E-state index in [4.69, 9.17) is 0 Å². The third kappa shape index (κ3) is 43.4. The molecule has 0 aliphatic carbocycles. The average Bonchev–Trinajstić information content (AvgIpc) is 3.23. The maximum absolute atomic E-state index is 11.8. The van der Waals surface area contributed by atoms with Gasteiger partial charge in [-0.15, -0.1) is 39.3 Å². The molecule has 8 heteroatoms. The summed E-state index contributed by atoms with van der Waals surface area (Å²) in [5.41, 5.74) is 0. The van der Waals surface area contributed by atoms with Crippen LogP contribution in [0.5, 0.6) is 0 Å². The summed E-state index contributed by atoms with van der Waals surface area (Å²) >= 11 is 0. The number of hydrogen-bond donors (Lipinski definition) is 0. The second kappa shape index (κ2) is 27.7. The Morgan fingerprint density at radius 1 is 0.486 bits per heavy atom. The molecule has 0 aliphatic rings. The van der Waals surface area contributed by atoms with Gasteiger partial charge in [0.05, 0.1) is 0 Å². The molecule has 0 saturated carbocycles. The van der Waals surface area contributed by atoms with Crippen molar-refractivity contribution in [3.63, 3.8) is 0 Å². The molecule has 1 aromatic rings. The van der Waals surface area contributed by atoms with E-state index in [-0.39, 0.29) is 25.8 Å². The largest absolute Gasteiger partial charge is 4.00 e. The van der Waals surface area contributed by atoms with Crippen molar-refractivity contribution in [3.05, 3.63) is 40.2 Å². The predicted octanol–water partition coefficient (Wildman–Crippen LogP) is 9.47. The van der Waals surface area contributed by atoms with E-state index in [9.17, 15) is 12.3 Å². The molecule has 37 heavy (non-hydrogen) atoms. The Morgan fingerprint density at radius 3 is 0.784 bits per heavy atom. The van der Waals surface area contributed by atoms with E-state index in [0.29, 0.717) is 0 Å². The molecule has 218 valence electrons. The van der Waals surface area contributed by atoms with Gasteiger partial charge in [-0.25, -0.2) is 24.5 Å². The first-order valence-corrected chi connectivity index (χ1v) is 15.3. The summed E-state index contributed by atoms with van der Waals surface area (Å²) in [6, 6.07) is 5.00. The first-order chi connectivity index (χ1) is 16.5. The van der Waals surface area contributed by atoms with E-state index in [0.717, 1.165) is 86.9 Å². The van der Waals surface area contributed by atoms with Crippen molar-refractivity contribution < 1.29 is 38.2 Å². The summed E-state index contributed by atoms with van der Waals surface area (Å²) in [6.45, 7) is 32.5. The van der Waals surface area contributed by atoms with Gasteiger partial charge >= 0.3 is 34.9 Å². The number of nitrogens with zero attached hydrogens (tertiary/aromatic N) is 3. The van der Waals surface area contributed by atoms with Crippen LogP contribution < -0.4 is 5.19 Å². The third-order valence-corrected chi connectivity index (χ3v) is 4.94. The van der Waals surface area contributed by atoms with E-state index in [2.05, 4.69) is 99.0 Å². The minimum atomic E-state index is -5.48. The van der Waals surface area contributed by atoms with Crippen molar-refractivity contribution in [2.45, 2.75) is 83.1 Å². The van der Waals surface area contributed by atoms with Crippen molar-refractivity contribution in [3.8, 4) is 0 Å². The van der Waals surface area contributed by atoms with Gasteiger partial charge < -0.3 is 16.0 Å². The van der Waals surface area contributed by atoms with E-state index in [1.807, 2.05) is 0 Å². The fourth-order valence-electron chi connectivity index (χ4n) is 2.34.